The molecule has 3 rings (SSSR count). The van der Waals surface area contributed by atoms with Crippen molar-refractivity contribution < 1.29 is 19.0 Å². The van der Waals surface area contributed by atoms with Crippen LogP contribution < -0.4 is 9.47 Å². The second-order valence-electron chi connectivity index (χ2n) is 6.77. The Hall–Kier alpha value is -2.18. The van der Waals surface area contributed by atoms with Crippen molar-refractivity contribution in [2.24, 2.45) is 0 Å². The van der Waals surface area contributed by atoms with E-state index in [-0.39, 0.29) is 12.6 Å². The zero-order valence-corrected chi connectivity index (χ0v) is 19.7. The topological polar surface area (TPSA) is 49.7 Å². The average molecular weight is 495 g/mol. The van der Waals surface area contributed by atoms with E-state index in [1.807, 2.05) is 30.3 Å². The molecule has 1 aromatic heterocycles. The highest BCUT2D eigenvalue weighted by molar-refractivity contribution is 9.10. The molecule has 0 aliphatic heterocycles. The maximum absolute atomic E-state index is 13.0. The molecule has 0 unspecified atom stereocenters. The quantitative estimate of drug-likeness (QED) is 0.314. The Bertz CT molecular complexity index is 1050. The number of halogens is 2. The molecule has 2 aromatic carbocycles. The number of para-hydroxylation sites is 1. The molecule has 5 nitrogen and oxygen atoms in total. The number of benzene rings is 2. The van der Waals surface area contributed by atoms with Gasteiger partial charge in [-0.2, -0.15) is 0 Å². The number of hydrogen-bond acceptors (Lipinski definition) is 4. The van der Waals surface area contributed by atoms with Gasteiger partial charge in [0.1, 0.15) is 18.1 Å². The highest BCUT2D eigenvalue weighted by Gasteiger charge is 2.25. The molecule has 7 heteroatoms. The van der Waals surface area contributed by atoms with Gasteiger partial charge in [0.25, 0.3) is 0 Å². The lowest BCUT2D eigenvalue weighted by molar-refractivity contribution is 0.0525. The molecule has 0 spiro atoms. The number of carbonyl (C=O) groups is 1. The fourth-order valence-corrected chi connectivity index (χ4v) is 4.10. The van der Waals surface area contributed by atoms with E-state index >= 15 is 0 Å². The van der Waals surface area contributed by atoms with E-state index in [2.05, 4.69) is 27.4 Å². The van der Waals surface area contributed by atoms with Crippen LogP contribution >= 0.6 is 27.5 Å². The summed E-state index contributed by atoms with van der Waals surface area (Å²) in [4.78, 5) is 13.0. The first-order valence-corrected chi connectivity index (χ1v) is 11.1. The molecule has 0 saturated heterocycles. The first-order valence-electron chi connectivity index (χ1n) is 9.94. The number of hydrogen-bond donors (Lipinski definition) is 0. The number of nitrogens with zero attached hydrogens (tertiary/aromatic N) is 1. The second kappa shape index (κ2) is 10.2. The first-order chi connectivity index (χ1) is 14.5. The van der Waals surface area contributed by atoms with Crippen LogP contribution in [0.15, 0.2) is 40.9 Å². The molecule has 3 aromatic rings. The number of aryl methyl sites for hydroxylation is 1. The summed E-state index contributed by atoms with van der Waals surface area (Å²) in [5, 5.41) is 1.30. The standard InChI is InChI=1S/C23H25BrClNO4/c1-4-6-11-26-18-13-16(24)21(28-3)12-15(18)22(23(27)29-5-2)19(26)14-30-20-10-8-7-9-17(20)25/h7-10,12-13H,4-6,11,14H2,1-3H3. The predicted octanol–water partition coefficient (Wildman–Crippen LogP) is 6.62. The SMILES string of the molecule is CCCCn1c(COc2ccccc2Cl)c(C(=O)OCC)c2cc(OC)c(Br)cc21. The Morgan fingerprint density at radius 3 is 2.60 bits per heavy atom. The Morgan fingerprint density at radius 1 is 1.17 bits per heavy atom. The molecule has 30 heavy (non-hydrogen) atoms. The summed E-state index contributed by atoms with van der Waals surface area (Å²) < 4.78 is 19.8. The lowest BCUT2D eigenvalue weighted by atomic mass is 10.1. The lowest BCUT2D eigenvalue weighted by Gasteiger charge is -2.14. The number of rotatable bonds is 9. The molecule has 0 aliphatic rings. The Labute approximate surface area is 190 Å². The molecule has 0 N–H and O–H groups in total. The van der Waals surface area contributed by atoms with Crippen LogP contribution in [0.3, 0.4) is 0 Å². The van der Waals surface area contributed by atoms with Gasteiger partial charge in [0.2, 0.25) is 0 Å². The second-order valence-corrected chi connectivity index (χ2v) is 8.03. The number of fused-ring (bicyclic) bond motifs is 1. The molecule has 0 aliphatic carbocycles. The maximum Gasteiger partial charge on any atom is 0.340 e. The minimum Gasteiger partial charge on any atom is -0.496 e. The minimum absolute atomic E-state index is 0.191. The summed E-state index contributed by atoms with van der Waals surface area (Å²) in [6.45, 7) is 5.17. The summed E-state index contributed by atoms with van der Waals surface area (Å²) in [6, 6.07) is 11.1. The molecule has 0 radical (unpaired) electrons. The van der Waals surface area contributed by atoms with Crippen molar-refractivity contribution in [1.29, 1.82) is 0 Å². The Kier molecular flexibility index (Phi) is 7.67. The van der Waals surface area contributed by atoms with Crippen molar-refractivity contribution in [1.82, 2.24) is 4.57 Å². The van der Waals surface area contributed by atoms with Crippen LogP contribution in [-0.4, -0.2) is 24.3 Å². The monoisotopic (exact) mass is 493 g/mol. The van der Waals surface area contributed by atoms with E-state index in [0.29, 0.717) is 28.7 Å². The normalized spacial score (nSPS) is 11.0. The third-order valence-corrected chi connectivity index (χ3v) is 5.79. The molecule has 0 saturated carbocycles. The number of esters is 1. The van der Waals surface area contributed by atoms with Crippen molar-refractivity contribution in [3.63, 3.8) is 0 Å². The Morgan fingerprint density at radius 2 is 1.93 bits per heavy atom. The molecular formula is C23H25BrClNO4. The summed E-state index contributed by atoms with van der Waals surface area (Å²) >= 11 is 9.82. The molecular weight excluding hydrogens is 470 g/mol. The summed E-state index contributed by atoms with van der Waals surface area (Å²) in [5.41, 5.74) is 2.19. The zero-order chi connectivity index (χ0) is 21.7. The minimum atomic E-state index is -0.375. The van der Waals surface area contributed by atoms with E-state index < -0.39 is 0 Å². The largest absolute Gasteiger partial charge is 0.496 e. The van der Waals surface area contributed by atoms with Crippen molar-refractivity contribution in [3.05, 3.63) is 57.2 Å². The average Bonchev–Trinajstić information content (AvgIpc) is 3.03. The van der Waals surface area contributed by atoms with E-state index in [1.165, 1.54) is 0 Å². The van der Waals surface area contributed by atoms with Gasteiger partial charge in [-0.3, -0.25) is 0 Å². The van der Waals surface area contributed by atoms with Gasteiger partial charge in [-0.15, -0.1) is 0 Å². The maximum atomic E-state index is 13.0. The number of ether oxygens (including phenoxy) is 3. The third kappa shape index (κ3) is 4.60. The van der Waals surface area contributed by atoms with E-state index in [0.717, 1.165) is 40.5 Å². The van der Waals surface area contributed by atoms with Crippen LogP contribution in [0.5, 0.6) is 11.5 Å². The summed E-state index contributed by atoms with van der Waals surface area (Å²) in [7, 11) is 1.60. The molecule has 0 atom stereocenters. The number of unbranched alkanes of at least 4 members (excludes halogenated alkanes) is 1. The highest BCUT2D eigenvalue weighted by Crippen LogP contribution is 2.36. The third-order valence-electron chi connectivity index (χ3n) is 4.86. The van der Waals surface area contributed by atoms with E-state index in [4.69, 9.17) is 25.8 Å². The van der Waals surface area contributed by atoms with Crippen molar-refractivity contribution in [3.8, 4) is 11.5 Å². The molecule has 160 valence electrons. The molecule has 0 bridgehead atoms. The van der Waals surface area contributed by atoms with Crippen LogP contribution in [0.25, 0.3) is 10.9 Å². The smallest absolute Gasteiger partial charge is 0.340 e. The fraction of sp³-hybridized carbons (Fsp3) is 0.348. The highest BCUT2D eigenvalue weighted by atomic mass is 79.9. The van der Waals surface area contributed by atoms with Gasteiger partial charge in [-0.25, -0.2) is 4.79 Å². The first kappa shape index (κ1) is 22.5. The van der Waals surface area contributed by atoms with Crippen LogP contribution in [-0.2, 0) is 17.9 Å². The van der Waals surface area contributed by atoms with Gasteiger partial charge < -0.3 is 18.8 Å². The van der Waals surface area contributed by atoms with Crippen molar-refractivity contribution in [2.75, 3.05) is 13.7 Å². The lowest BCUT2D eigenvalue weighted by Crippen LogP contribution is -2.13. The van der Waals surface area contributed by atoms with Crippen LogP contribution in [0.1, 0.15) is 42.7 Å². The van der Waals surface area contributed by atoms with Gasteiger partial charge in [-0.05, 0) is 53.5 Å². The van der Waals surface area contributed by atoms with Gasteiger partial charge in [0.05, 0.1) is 40.0 Å². The van der Waals surface area contributed by atoms with E-state index in [1.54, 1.807) is 20.1 Å². The molecule has 0 amide bonds. The van der Waals surface area contributed by atoms with Crippen LogP contribution in [0, 0.1) is 0 Å². The summed E-state index contributed by atoms with van der Waals surface area (Å²) in [5.74, 6) is 0.846. The molecule has 0 fully saturated rings. The zero-order valence-electron chi connectivity index (χ0n) is 17.3. The van der Waals surface area contributed by atoms with Gasteiger partial charge in [0, 0.05) is 11.9 Å². The number of aromatic nitrogens is 1. The van der Waals surface area contributed by atoms with Gasteiger partial charge in [0.15, 0.2) is 0 Å². The molecule has 1 heterocycles. The number of methoxy groups -OCH3 is 1. The number of carbonyl (C=O) groups excluding carboxylic acids is 1. The van der Waals surface area contributed by atoms with Crippen molar-refractivity contribution in [2.45, 2.75) is 39.8 Å². The van der Waals surface area contributed by atoms with E-state index in [9.17, 15) is 4.79 Å². The van der Waals surface area contributed by atoms with Crippen LogP contribution in [0.2, 0.25) is 5.02 Å². The Balaban J connectivity index is 2.18. The fourth-order valence-electron chi connectivity index (χ4n) is 3.42. The van der Waals surface area contributed by atoms with Crippen LogP contribution in [0.4, 0.5) is 0 Å². The van der Waals surface area contributed by atoms with Gasteiger partial charge in [-0.1, -0.05) is 37.1 Å². The predicted molar refractivity (Wildman–Crippen MR) is 123 cm³/mol. The van der Waals surface area contributed by atoms with Gasteiger partial charge >= 0.3 is 5.97 Å². The van der Waals surface area contributed by atoms with Crippen molar-refractivity contribution >= 4 is 44.4 Å². The summed E-state index contributed by atoms with van der Waals surface area (Å²) in [6.07, 6.45) is 1.99.